The highest BCUT2D eigenvalue weighted by molar-refractivity contribution is 7.92. The van der Waals surface area contributed by atoms with Crippen molar-refractivity contribution in [3.8, 4) is 22.9 Å². The summed E-state index contributed by atoms with van der Waals surface area (Å²) in [6.07, 6.45) is 1.09. The molecule has 9 heteroatoms. The van der Waals surface area contributed by atoms with Gasteiger partial charge in [-0.15, -0.1) is 0 Å². The lowest BCUT2D eigenvalue weighted by Crippen LogP contribution is -2.09. The Hall–Kier alpha value is -3.07. The van der Waals surface area contributed by atoms with Crippen LogP contribution < -0.4 is 14.2 Å². The molecule has 3 aromatic rings. The highest BCUT2D eigenvalue weighted by Crippen LogP contribution is 2.21. The number of anilines is 1. The van der Waals surface area contributed by atoms with Crippen molar-refractivity contribution in [2.45, 2.75) is 6.61 Å². The van der Waals surface area contributed by atoms with E-state index >= 15 is 0 Å². The standard InChI is InChI=1S/C17H17N3O5S/c1-23-14-7-9-15(10-8-14)24-11-16-18-17(19-25-16)12-3-5-13(6-4-12)20-26(2,21)22/h3-10,20H,11H2,1-2H3. The molecule has 0 radical (unpaired) electrons. The number of benzene rings is 2. The normalized spacial score (nSPS) is 11.2. The Balaban J connectivity index is 1.63. The van der Waals surface area contributed by atoms with Crippen molar-refractivity contribution in [3.63, 3.8) is 0 Å². The summed E-state index contributed by atoms with van der Waals surface area (Å²) < 4.78 is 40.7. The smallest absolute Gasteiger partial charge is 0.264 e. The van der Waals surface area contributed by atoms with Gasteiger partial charge < -0.3 is 14.0 Å². The average Bonchev–Trinajstić information content (AvgIpc) is 3.09. The lowest BCUT2D eigenvalue weighted by atomic mass is 10.2. The van der Waals surface area contributed by atoms with Crippen molar-refractivity contribution in [3.05, 3.63) is 54.4 Å². The number of sulfonamides is 1. The molecule has 0 aliphatic heterocycles. The van der Waals surface area contributed by atoms with E-state index in [2.05, 4.69) is 14.9 Å². The molecule has 0 bridgehead atoms. The van der Waals surface area contributed by atoms with Gasteiger partial charge in [0.25, 0.3) is 5.89 Å². The van der Waals surface area contributed by atoms with Crippen LogP contribution in [0, 0.1) is 0 Å². The number of nitrogens with zero attached hydrogens (tertiary/aromatic N) is 2. The third-order valence-corrected chi connectivity index (χ3v) is 3.94. The SMILES string of the molecule is COc1ccc(OCc2nc(-c3ccc(NS(C)(=O)=O)cc3)no2)cc1. The van der Waals surface area contributed by atoms with Crippen LogP contribution in [0.4, 0.5) is 5.69 Å². The van der Waals surface area contributed by atoms with Crippen LogP contribution in [-0.4, -0.2) is 31.9 Å². The fourth-order valence-corrected chi connectivity index (χ4v) is 2.71. The first-order valence-corrected chi connectivity index (χ1v) is 9.50. The van der Waals surface area contributed by atoms with Gasteiger partial charge in [0.05, 0.1) is 13.4 Å². The molecule has 1 heterocycles. The molecule has 0 atom stereocenters. The Labute approximate surface area is 150 Å². The van der Waals surface area contributed by atoms with E-state index in [0.29, 0.717) is 28.7 Å². The molecule has 0 aliphatic rings. The maximum Gasteiger partial charge on any atom is 0.264 e. The van der Waals surface area contributed by atoms with Crippen LogP contribution in [0.3, 0.4) is 0 Å². The number of hydrogen-bond acceptors (Lipinski definition) is 7. The summed E-state index contributed by atoms with van der Waals surface area (Å²) in [5.41, 5.74) is 1.16. The second-order valence-corrected chi connectivity index (χ2v) is 7.18. The molecule has 2 aromatic carbocycles. The monoisotopic (exact) mass is 375 g/mol. The first-order chi connectivity index (χ1) is 12.4. The topological polar surface area (TPSA) is 104 Å². The van der Waals surface area contributed by atoms with E-state index in [4.69, 9.17) is 14.0 Å². The van der Waals surface area contributed by atoms with Crippen molar-refractivity contribution in [1.82, 2.24) is 10.1 Å². The van der Waals surface area contributed by atoms with Gasteiger partial charge in [-0.05, 0) is 48.5 Å². The predicted octanol–water partition coefficient (Wildman–Crippen LogP) is 2.70. The molecular weight excluding hydrogens is 358 g/mol. The third kappa shape index (κ3) is 4.73. The number of rotatable bonds is 7. The molecule has 8 nitrogen and oxygen atoms in total. The van der Waals surface area contributed by atoms with Crippen LogP contribution in [0.15, 0.2) is 53.1 Å². The van der Waals surface area contributed by atoms with Crippen molar-refractivity contribution in [2.75, 3.05) is 18.1 Å². The van der Waals surface area contributed by atoms with Crippen LogP contribution in [0.2, 0.25) is 0 Å². The molecule has 136 valence electrons. The molecule has 0 amide bonds. The van der Waals surface area contributed by atoms with Gasteiger partial charge in [-0.2, -0.15) is 4.98 Å². The van der Waals surface area contributed by atoms with Crippen LogP contribution >= 0.6 is 0 Å². The summed E-state index contributed by atoms with van der Waals surface area (Å²) in [5.74, 6) is 2.12. The van der Waals surface area contributed by atoms with Crippen molar-refractivity contribution < 1.29 is 22.4 Å². The molecule has 0 saturated carbocycles. The Morgan fingerprint density at radius 3 is 2.31 bits per heavy atom. The number of nitrogens with one attached hydrogen (secondary N) is 1. The summed E-state index contributed by atoms with van der Waals surface area (Å²) >= 11 is 0. The molecule has 0 saturated heterocycles. The first-order valence-electron chi connectivity index (χ1n) is 7.60. The Bertz CT molecular complexity index is 966. The summed E-state index contributed by atoms with van der Waals surface area (Å²) in [7, 11) is -1.72. The van der Waals surface area contributed by atoms with Crippen molar-refractivity contribution in [2.24, 2.45) is 0 Å². The zero-order chi connectivity index (χ0) is 18.6. The van der Waals surface area contributed by atoms with Crippen LogP contribution in [0.25, 0.3) is 11.4 Å². The van der Waals surface area contributed by atoms with Crippen molar-refractivity contribution in [1.29, 1.82) is 0 Å². The highest BCUT2D eigenvalue weighted by Gasteiger charge is 2.10. The van der Waals surface area contributed by atoms with Gasteiger partial charge in [-0.3, -0.25) is 4.72 Å². The minimum Gasteiger partial charge on any atom is -0.497 e. The quantitative estimate of drug-likeness (QED) is 0.677. The van der Waals surface area contributed by atoms with Gasteiger partial charge in [0.2, 0.25) is 15.8 Å². The Morgan fingerprint density at radius 1 is 1.04 bits per heavy atom. The van der Waals surface area contributed by atoms with Gasteiger partial charge in [-0.25, -0.2) is 8.42 Å². The molecule has 0 unspecified atom stereocenters. The van der Waals surface area contributed by atoms with Gasteiger partial charge in [0, 0.05) is 11.3 Å². The summed E-state index contributed by atoms with van der Waals surface area (Å²) in [5, 5.41) is 3.91. The van der Waals surface area contributed by atoms with E-state index < -0.39 is 10.0 Å². The van der Waals surface area contributed by atoms with Crippen LogP contribution in [-0.2, 0) is 16.6 Å². The first kappa shape index (κ1) is 17.7. The molecule has 0 fully saturated rings. The summed E-state index contributed by atoms with van der Waals surface area (Å²) in [6.45, 7) is 0.132. The largest absolute Gasteiger partial charge is 0.497 e. The van der Waals surface area contributed by atoms with Gasteiger partial charge in [-0.1, -0.05) is 5.16 Å². The fourth-order valence-electron chi connectivity index (χ4n) is 2.15. The van der Waals surface area contributed by atoms with E-state index in [1.165, 1.54) is 0 Å². The molecule has 0 spiro atoms. The predicted molar refractivity (Wildman–Crippen MR) is 95.5 cm³/mol. The number of methoxy groups -OCH3 is 1. The van der Waals surface area contributed by atoms with Crippen LogP contribution in [0.5, 0.6) is 11.5 Å². The maximum absolute atomic E-state index is 11.2. The van der Waals surface area contributed by atoms with Crippen molar-refractivity contribution >= 4 is 15.7 Å². The molecule has 1 N–H and O–H groups in total. The second kappa shape index (κ2) is 7.44. The van der Waals surface area contributed by atoms with Gasteiger partial charge in [0.1, 0.15) is 11.5 Å². The summed E-state index contributed by atoms with van der Waals surface area (Å²) in [4.78, 5) is 4.27. The number of hydrogen-bond donors (Lipinski definition) is 1. The van der Waals surface area contributed by atoms with Gasteiger partial charge >= 0.3 is 0 Å². The molecule has 0 aliphatic carbocycles. The van der Waals surface area contributed by atoms with Gasteiger partial charge in [0.15, 0.2) is 6.61 Å². The third-order valence-electron chi connectivity index (χ3n) is 3.34. The fraction of sp³-hybridized carbons (Fsp3) is 0.176. The lowest BCUT2D eigenvalue weighted by Gasteiger charge is -2.04. The Morgan fingerprint density at radius 2 is 1.69 bits per heavy atom. The molecule has 1 aromatic heterocycles. The highest BCUT2D eigenvalue weighted by atomic mass is 32.2. The Kier molecular flexibility index (Phi) is 5.08. The minimum atomic E-state index is -3.31. The maximum atomic E-state index is 11.2. The van der Waals surface area contributed by atoms with E-state index in [9.17, 15) is 8.42 Å². The number of ether oxygens (including phenoxy) is 2. The minimum absolute atomic E-state index is 0.132. The lowest BCUT2D eigenvalue weighted by molar-refractivity contribution is 0.242. The molecule has 3 rings (SSSR count). The number of aromatic nitrogens is 2. The van der Waals surface area contributed by atoms with Crippen LogP contribution in [0.1, 0.15) is 5.89 Å². The van der Waals surface area contributed by atoms with E-state index in [-0.39, 0.29) is 6.61 Å². The zero-order valence-corrected chi connectivity index (χ0v) is 15.0. The van der Waals surface area contributed by atoms with E-state index in [0.717, 1.165) is 12.0 Å². The second-order valence-electron chi connectivity index (χ2n) is 5.43. The average molecular weight is 375 g/mol. The summed E-state index contributed by atoms with van der Waals surface area (Å²) in [6, 6.07) is 13.8. The molecule has 26 heavy (non-hydrogen) atoms. The van der Waals surface area contributed by atoms with E-state index in [1.54, 1.807) is 55.6 Å². The van der Waals surface area contributed by atoms with E-state index in [1.807, 2.05) is 0 Å². The zero-order valence-electron chi connectivity index (χ0n) is 14.2. The molecular formula is C17H17N3O5S.